The smallest absolute Gasteiger partial charge is 0.159 e. The van der Waals surface area contributed by atoms with Crippen LogP contribution in [0.3, 0.4) is 0 Å². The quantitative estimate of drug-likeness (QED) is 0.190. The number of hydrogen-bond acceptors (Lipinski definition) is 5. The monoisotopic (exact) mass is 750 g/mol. The van der Waals surface area contributed by atoms with Gasteiger partial charge in [0.05, 0.1) is 16.7 Å². The van der Waals surface area contributed by atoms with E-state index in [0.29, 0.717) is 0 Å². The number of amidine groups is 2. The van der Waals surface area contributed by atoms with Crippen LogP contribution in [0.2, 0.25) is 0 Å². The first-order valence-corrected chi connectivity index (χ1v) is 20.3. The van der Waals surface area contributed by atoms with Crippen molar-refractivity contribution < 1.29 is 4.42 Å². The lowest BCUT2D eigenvalue weighted by atomic mass is 9.92. The molecule has 2 aliphatic rings. The zero-order chi connectivity index (χ0) is 37.5. The van der Waals surface area contributed by atoms with Crippen LogP contribution in [-0.2, 0) is 0 Å². The van der Waals surface area contributed by atoms with Crippen molar-refractivity contribution in [2.45, 2.75) is 12.6 Å². The van der Waals surface area contributed by atoms with Crippen molar-refractivity contribution in [1.82, 2.24) is 9.88 Å². The maximum absolute atomic E-state index is 6.93. The van der Waals surface area contributed by atoms with E-state index in [9.17, 15) is 0 Å². The molecule has 0 spiro atoms. The Bertz CT molecular complexity index is 3360. The molecule has 7 aromatic carbocycles. The molecule has 0 saturated heterocycles. The van der Waals surface area contributed by atoms with E-state index >= 15 is 0 Å². The number of allylic oxidation sites excluding steroid dienone is 3. The molecule has 12 rings (SSSR count). The molecular formula is C51H34N4OS. The molecule has 3 aromatic heterocycles. The number of fused-ring (bicyclic) bond motifs is 10. The summed E-state index contributed by atoms with van der Waals surface area (Å²) >= 11 is 1.87. The van der Waals surface area contributed by atoms with Gasteiger partial charge in [0.2, 0.25) is 0 Å². The van der Waals surface area contributed by atoms with Crippen LogP contribution in [-0.4, -0.2) is 16.2 Å². The lowest BCUT2D eigenvalue weighted by Gasteiger charge is -2.26. The normalized spacial score (nSPS) is 17.1. The van der Waals surface area contributed by atoms with Crippen LogP contribution in [0.15, 0.2) is 190 Å². The fourth-order valence-electron chi connectivity index (χ4n) is 8.94. The molecule has 10 aromatic rings. The highest BCUT2D eigenvalue weighted by Crippen LogP contribution is 2.45. The zero-order valence-electron chi connectivity index (χ0n) is 30.8. The molecule has 1 N–H and O–H groups in total. The molecular weight excluding hydrogens is 717 g/mol. The second kappa shape index (κ2) is 12.8. The van der Waals surface area contributed by atoms with Gasteiger partial charge in [0.25, 0.3) is 0 Å². The summed E-state index contributed by atoms with van der Waals surface area (Å²) < 4.78 is 11.9. The van der Waals surface area contributed by atoms with E-state index in [4.69, 9.17) is 14.4 Å². The molecule has 0 fully saturated rings. The van der Waals surface area contributed by atoms with Crippen LogP contribution in [0, 0.1) is 5.92 Å². The fraction of sp³-hybridized carbons (Fsp3) is 0.0588. The van der Waals surface area contributed by atoms with Crippen LogP contribution in [0.4, 0.5) is 0 Å². The van der Waals surface area contributed by atoms with E-state index in [0.717, 1.165) is 62.4 Å². The van der Waals surface area contributed by atoms with Crippen molar-refractivity contribution in [2.75, 3.05) is 0 Å². The van der Waals surface area contributed by atoms with Gasteiger partial charge in [-0.25, -0.2) is 9.98 Å². The fourth-order valence-corrected chi connectivity index (χ4v) is 10.2. The molecule has 0 saturated carbocycles. The maximum Gasteiger partial charge on any atom is 0.159 e. The van der Waals surface area contributed by atoms with Gasteiger partial charge in [-0.15, -0.1) is 11.3 Å². The summed E-state index contributed by atoms with van der Waals surface area (Å²) in [6.45, 7) is 0. The molecule has 5 nitrogen and oxygen atoms in total. The van der Waals surface area contributed by atoms with E-state index in [1.807, 2.05) is 17.4 Å². The van der Waals surface area contributed by atoms with E-state index in [1.54, 1.807) is 0 Å². The number of para-hydroxylation sites is 2. The first-order chi connectivity index (χ1) is 28.3. The van der Waals surface area contributed by atoms with E-state index in [1.165, 1.54) is 47.6 Å². The SMILES string of the molecule is C1=CC(C2=NC(c3ccccc3)NC(c3cccc4oc5c(-n6c7ccccc7c7c8sc9ccccc9c8ccc76)cccc5c34)=N2)CC=C1c1ccccc1. The third-order valence-electron chi connectivity index (χ3n) is 11.6. The highest BCUT2D eigenvalue weighted by atomic mass is 32.1. The van der Waals surface area contributed by atoms with Crippen LogP contribution < -0.4 is 5.32 Å². The van der Waals surface area contributed by atoms with Gasteiger partial charge in [-0.2, -0.15) is 0 Å². The van der Waals surface area contributed by atoms with Crippen LogP contribution in [0.25, 0.3) is 75.2 Å². The zero-order valence-corrected chi connectivity index (χ0v) is 31.6. The first-order valence-electron chi connectivity index (χ1n) is 19.5. The number of nitrogens with one attached hydrogen (secondary N) is 1. The highest BCUT2D eigenvalue weighted by molar-refractivity contribution is 7.26. The Labute approximate surface area is 332 Å². The lowest BCUT2D eigenvalue weighted by molar-refractivity contribution is 0.658. The molecule has 1 aliphatic carbocycles. The van der Waals surface area contributed by atoms with Crippen molar-refractivity contribution >= 4 is 92.5 Å². The van der Waals surface area contributed by atoms with Crippen LogP contribution in [0.1, 0.15) is 29.3 Å². The Hall–Kier alpha value is -7.02. The Morgan fingerprint density at radius 2 is 1.42 bits per heavy atom. The Kier molecular flexibility index (Phi) is 7.22. The molecule has 6 heteroatoms. The van der Waals surface area contributed by atoms with Crippen molar-refractivity contribution in [3.63, 3.8) is 0 Å². The summed E-state index contributed by atoms with van der Waals surface area (Å²) in [5.74, 6) is 1.67. The number of rotatable bonds is 5. The van der Waals surface area contributed by atoms with Crippen LogP contribution in [0.5, 0.6) is 0 Å². The van der Waals surface area contributed by atoms with Crippen molar-refractivity contribution in [3.05, 3.63) is 193 Å². The number of aromatic nitrogens is 1. The summed E-state index contributed by atoms with van der Waals surface area (Å²) in [6.07, 6.45) is 7.33. The summed E-state index contributed by atoms with van der Waals surface area (Å²) in [5.41, 5.74) is 9.53. The number of benzene rings is 7. The molecule has 4 heterocycles. The van der Waals surface area contributed by atoms with Crippen molar-refractivity contribution in [3.8, 4) is 5.69 Å². The van der Waals surface area contributed by atoms with Crippen LogP contribution >= 0.6 is 11.3 Å². The van der Waals surface area contributed by atoms with E-state index in [-0.39, 0.29) is 12.1 Å². The van der Waals surface area contributed by atoms with E-state index < -0.39 is 0 Å². The topological polar surface area (TPSA) is 54.8 Å². The lowest BCUT2D eigenvalue weighted by Crippen LogP contribution is -2.35. The first kappa shape index (κ1) is 32.2. The highest BCUT2D eigenvalue weighted by Gasteiger charge is 2.27. The van der Waals surface area contributed by atoms with E-state index in [2.05, 4.69) is 180 Å². The average molecular weight is 751 g/mol. The third-order valence-corrected chi connectivity index (χ3v) is 12.8. The van der Waals surface area contributed by atoms with Gasteiger partial charge < -0.3 is 14.3 Å². The molecule has 2 atom stereocenters. The predicted molar refractivity (Wildman–Crippen MR) is 239 cm³/mol. The minimum Gasteiger partial charge on any atom is -0.454 e. The number of aliphatic imine (C=N–C) groups is 2. The number of furan rings is 1. The summed E-state index contributed by atoms with van der Waals surface area (Å²) in [6, 6.07) is 55.9. The van der Waals surface area contributed by atoms with Gasteiger partial charge >= 0.3 is 0 Å². The molecule has 2 unspecified atom stereocenters. The van der Waals surface area contributed by atoms with Gasteiger partial charge in [0, 0.05) is 53.2 Å². The Morgan fingerprint density at radius 1 is 0.649 bits per heavy atom. The molecule has 0 amide bonds. The van der Waals surface area contributed by atoms with Gasteiger partial charge in [-0.1, -0.05) is 146 Å². The molecule has 0 bridgehead atoms. The van der Waals surface area contributed by atoms with Crippen molar-refractivity contribution in [1.29, 1.82) is 0 Å². The Morgan fingerprint density at radius 3 is 2.28 bits per heavy atom. The summed E-state index contributed by atoms with van der Waals surface area (Å²) in [4.78, 5) is 10.5. The number of hydrogen-bond donors (Lipinski definition) is 1. The third kappa shape index (κ3) is 5.07. The van der Waals surface area contributed by atoms with Gasteiger partial charge in [0.15, 0.2) is 5.58 Å². The number of nitrogens with zero attached hydrogens (tertiary/aromatic N) is 3. The summed E-state index contributed by atoms with van der Waals surface area (Å²) in [7, 11) is 0. The predicted octanol–water partition coefficient (Wildman–Crippen LogP) is 13.2. The Balaban J connectivity index is 1.02. The molecule has 270 valence electrons. The largest absolute Gasteiger partial charge is 0.454 e. The summed E-state index contributed by atoms with van der Waals surface area (Å²) in [5, 5.41) is 10.9. The molecule has 1 aliphatic heterocycles. The second-order valence-electron chi connectivity index (χ2n) is 14.9. The van der Waals surface area contributed by atoms with Gasteiger partial charge in [-0.05, 0) is 53.5 Å². The maximum atomic E-state index is 6.93. The number of thiophene rings is 1. The molecule has 57 heavy (non-hydrogen) atoms. The average Bonchev–Trinajstić information content (AvgIpc) is 3.97. The minimum atomic E-state index is -0.283. The van der Waals surface area contributed by atoms with Crippen molar-refractivity contribution in [2.24, 2.45) is 15.9 Å². The standard InChI is InChI=1S/C51H34N4OS/c1-3-13-31(14-4-1)32-25-27-34(28-26-32)50-52-49(33-15-5-2-6-16-33)53-51(54-50)39-20-12-23-43-45(39)38-19-11-22-42(47(38)56-43)55-40-21-9-7-18-37(40)46-41(55)30-29-36-35-17-8-10-24-44(35)57-48(36)46/h1-27,29-30,34,49H,28H2,(H,52,53,54). The minimum absolute atomic E-state index is 0.0513. The molecule has 0 radical (unpaired) electrons. The second-order valence-corrected chi connectivity index (χ2v) is 15.9. The van der Waals surface area contributed by atoms with Gasteiger partial charge in [0.1, 0.15) is 23.4 Å². The van der Waals surface area contributed by atoms with Gasteiger partial charge in [-0.3, -0.25) is 0 Å².